The van der Waals surface area contributed by atoms with Crippen LogP contribution >= 0.6 is 0 Å². The van der Waals surface area contributed by atoms with Gasteiger partial charge in [-0.1, -0.05) is 45.0 Å². The van der Waals surface area contributed by atoms with Crippen molar-refractivity contribution in [3.05, 3.63) is 72.2 Å². The first-order valence-electron chi connectivity index (χ1n) is 11.5. The molecular formula is C29H24N4. The lowest BCUT2D eigenvalue weighted by atomic mass is 9.85. The van der Waals surface area contributed by atoms with Crippen molar-refractivity contribution in [3.8, 4) is 0 Å². The molecular weight excluding hydrogens is 404 g/mol. The van der Waals surface area contributed by atoms with Crippen LogP contribution in [0.3, 0.4) is 0 Å². The third-order valence-electron chi connectivity index (χ3n) is 6.78. The maximum absolute atomic E-state index is 4.84. The van der Waals surface area contributed by atoms with Crippen LogP contribution in [0.5, 0.6) is 0 Å². The summed E-state index contributed by atoms with van der Waals surface area (Å²) in [6.45, 7) is 8.95. The lowest BCUT2D eigenvalue weighted by Crippen LogP contribution is -2.10. The molecule has 0 aliphatic heterocycles. The molecule has 7 rings (SSSR count). The third kappa shape index (κ3) is 2.55. The van der Waals surface area contributed by atoms with Crippen molar-refractivity contribution in [2.24, 2.45) is 5.41 Å². The Kier molecular flexibility index (Phi) is 3.50. The average Bonchev–Trinajstić information content (AvgIpc) is 3.13. The minimum absolute atomic E-state index is 0.166. The summed E-state index contributed by atoms with van der Waals surface area (Å²) >= 11 is 0. The molecule has 4 heteroatoms. The van der Waals surface area contributed by atoms with Gasteiger partial charge in [0.2, 0.25) is 0 Å². The van der Waals surface area contributed by atoms with Crippen molar-refractivity contribution in [1.29, 1.82) is 0 Å². The van der Waals surface area contributed by atoms with Gasteiger partial charge in [-0.05, 0) is 54.7 Å². The van der Waals surface area contributed by atoms with Gasteiger partial charge >= 0.3 is 0 Å². The largest absolute Gasteiger partial charge is 0.308 e. The number of fused-ring (bicyclic) bond motifs is 7. The van der Waals surface area contributed by atoms with Crippen LogP contribution in [0.4, 0.5) is 0 Å². The van der Waals surface area contributed by atoms with Crippen molar-refractivity contribution in [2.45, 2.75) is 34.1 Å². The number of para-hydroxylation sites is 1. The number of rotatable bonds is 1. The Morgan fingerprint density at radius 1 is 0.818 bits per heavy atom. The molecule has 0 saturated heterocycles. The maximum Gasteiger partial charge on any atom is 0.116 e. The van der Waals surface area contributed by atoms with E-state index in [9.17, 15) is 0 Å². The maximum atomic E-state index is 4.84. The molecule has 4 nitrogen and oxygen atoms in total. The Hall–Kier alpha value is -3.79. The van der Waals surface area contributed by atoms with Gasteiger partial charge in [0, 0.05) is 27.2 Å². The van der Waals surface area contributed by atoms with Crippen LogP contribution in [-0.2, 0) is 6.42 Å². The van der Waals surface area contributed by atoms with Gasteiger partial charge in [-0.2, -0.15) is 0 Å². The van der Waals surface area contributed by atoms with Crippen LogP contribution in [0.2, 0.25) is 0 Å². The van der Waals surface area contributed by atoms with Crippen LogP contribution in [0.25, 0.3) is 60.0 Å². The molecule has 0 amide bonds. The van der Waals surface area contributed by atoms with Gasteiger partial charge in [-0.3, -0.25) is 4.98 Å². The highest BCUT2D eigenvalue weighted by molar-refractivity contribution is 6.28. The first-order chi connectivity index (χ1) is 15.9. The molecule has 4 heterocycles. The van der Waals surface area contributed by atoms with E-state index in [1.807, 2.05) is 6.92 Å². The molecule has 3 aromatic carbocycles. The van der Waals surface area contributed by atoms with E-state index in [4.69, 9.17) is 15.0 Å². The van der Waals surface area contributed by atoms with Crippen molar-refractivity contribution in [1.82, 2.24) is 19.4 Å². The van der Waals surface area contributed by atoms with Crippen LogP contribution < -0.4 is 0 Å². The van der Waals surface area contributed by atoms with E-state index in [0.717, 1.165) is 50.3 Å². The second-order valence-electron chi connectivity index (χ2n) is 10.5. The lowest BCUT2D eigenvalue weighted by molar-refractivity contribution is 0.413. The number of nitrogens with zero attached hydrogens (tertiary/aromatic N) is 4. The fourth-order valence-electron chi connectivity index (χ4n) is 5.58. The molecule has 0 radical (unpaired) electrons. The first kappa shape index (κ1) is 18.8. The van der Waals surface area contributed by atoms with Crippen molar-refractivity contribution < 1.29 is 0 Å². The predicted octanol–water partition coefficient (Wildman–Crippen LogP) is 7.23. The van der Waals surface area contributed by atoms with Crippen molar-refractivity contribution >= 4 is 60.0 Å². The highest BCUT2D eigenvalue weighted by Gasteiger charge is 2.24. The van der Waals surface area contributed by atoms with Crippen molar-refractivity contribution in [2.75, 3.05) is 0 Å². The zero-order chi connectivity index (χ0) is 22.5. The van der Waals surface area contributed by atoms with Gasteiger partial charge in [0.25, 0.3) is 0 Å². The summed E-state index contributed by atoms with van der Waals surface area (Å²) in [7, 11) is 0. The van der Waals surface area contributed by atoms with E-state index in [-0.39, 0.29) is 5.41 Å². The number of hydrogen-bond acceptors (Lipinski definition) is 3. The van der Waals surface area contributed by atoms with E-state index in [0.29, 0.717) is 0 Å². The molecule has 4 aromatic heterocycles. The van der Waals surface area contributed by atoms with Crippen LogP contribution in [-0.4, -0.2) is 19.4 Å². The molecule has 160 valence electrons. The molecule has 7 aromatic rings. The number of hydrogen-bond donors (Lipinski definition) is 0. The first-order valence-corrected chi connectivity index (χ1v) is 11.5. The number of pyridine rings is 2. The van der Waals surface area contributed by atoms with E-state index in [1.165, 1.54) is 27.4 Å². The normalized spacial score (nSPS) is 13.0. The molecule has 0 saturated carbocycles. The quantitative estimate of drug-likeness (QED) is 0.205. The molecule has 0 N–H and O–H groups in total. The summed E-state index contributed by atoms with van der Waals surface area (Å²) in [5.74, 6) is 0. The predicted molar refractivity (Wildman–Crippen MR) is 137 cm³/mol. The van der Waals surface area contributed by atoms with E-state index in [2.05, 4.69) is 79.8 Å². The smallest absolute Gasteiger partial charge is 0.116 e. The summed E-state index contributed by atoms with van der Waals surface area (Å²) in [5.41, 5.74) is 9.18. The molecule has 0 atom stereocenters. The average molecular weight is 429 g/mol. The van der Waals surface area contributed by atoms with Crippen molar-refractivity contribution in [3.63, 3.8) is 0 Å². The molecule has 33 heavy (non-hydrogen) atoms. The van der Waals surface area contributed by atoms with Gasteiger partial charge in [0.1, 0.15) is 6.33 Å². The van der Waals surface area contributed by atoms with Crippen LogP contribution in [0.15, 0.2) is 60.9 Å². The number of benzene rings is 3. The molecule has 0 aliphatic rings. The number of aryl methyl sites for hydroxylation is 1. The third-order valence-corrected chi connectivity index (χ3v) is 6.78. The Balaban J connectivity index is 1.83. The van der Waals surface area contributed by atoms with Gasteiger partial charge < -0.3 is 4.40 Å². The lowest BCUT2D eigenvalue weighted by Gasteiger charge is -2.20. The Labute approximate surface area is 191 Å². The highest BCUT2D eigenvalue weighted by Crippen LogP contribution is 2.43. The summed E-state index contributed by atoms with van der Waals surface area (Å²) in [6, 6.07) is 19.8. The summed E-state index contributed by atoms with van der Waals surface area (Å²) < 4.78 is 2.42. The van der Waals surface area contributed by atoms with Crippen LogP contribution in [0, 0.1) is 12.3 Å². The molecule has 0 fully saturated rings. The van der Waals surface area contributed by atoms with Gasteiger partial charge in [-0.25, -0.2) is 9.97 Å². The fraction of sp³-hybridized carbons (Fsp3) is 0.207. The molecule has 0 spiro atoms. The fourth-order valence-corrected chi connectivity index (χ4v) is 5.58. The topological polar surface area (TPSA) is 43.1 Å². The number of aromatic nitrogens is 4. The molecule has 0 aliphatic carbocycles. The molecule has 0 bridgehead atoms. The summed E-state index contributed by atoms with van der Waals surface area (Å²) in [5, 5.41) is 6.03. The SMILES string of the molecule is Cc1ccc2cc3c4ncnc5cc(CC(C)(C)C)c6c7ccccc7n(c3cc2n1)c6c54. The van der Waals surface area contributed by atoms with Crippen LogP contribution in [0.1, 0.15) is 32.0 Å². The molecule has 0 unspecified atom stereocenters. The van der Waals surface area contributed by atoms with E-state index >= 15 is 0 Å². The van der Waals surface area contributed by atoms with E-state index < -0.39 is 0 Å². The second-order valence-corrected chi connectivity index (χ2v) is 10.5. The highest BCUT2D eigenvalue weighted by atomic mass is 14.9. The van der Waals surface area contributed by atoms with Gasteiger partial charge in [0.15, 0.2) is 0 Å². The Morgan fingerprint density at radius 2 is 1.67 bits per heavy atom. The van der Waals surface area contributed by atoms with Gasteiger partial charge in [-0.15, -0.1) is 0 Å². The Morgan fingerprint density at radius 3 is 2.52 bits per heavy atom. The minimum Gasteiger partial charge on any atom is -0.308 e. The standard InChI is InChI=1S/C29H24N4/c1-16-9-10-17-11-20-24(13-21(17)32-16)33-23-8-6-5-7-19(23)25-18(14-29(2,3)4)12-22-26(28(25)33)27(20)31-15-30-22/h5-13,15H,14H2,1-4H3. The Bertz CT molecular complexity index is 1890. The monoisotopic (exact) mass is 428 g/mol. The summed E-state index contributed by atoms with van der Waals surface area (Å²) in [6.07, 6.45) is 2.70. The summed E-state index contributed by atoms with van der Waals surface area (Å²) in [4.78, 5) is 14.4. The second kappa shape index (κ2) is 6.16. The van der Waals surface area contributed by atoms with Gasteiger partial charge in [0.05, 0.1) is 38.5 Å². The minimum atomic E-state index is 0.166. The van der Waals surface area contributed by atoms with E-state index in [1.54, 1.807) is 6.33 Å². The zero-order valence-electron chi connectivity index (χ0n) is 19.3. The zero-order valence-corrected chi connectivity index (χ0v) is 19.3.